The van der Waals surface area contributed by atoms with Crippen molar-refractivity contribution < 1.29 is 29.7 Å². The number of nitrogens with two attached hydrogens (primary N) is 3. The van der Waals surface area contributed by atoms with Crippen LogP contribution in [-0.4, -0.2) is 52.9 Å². The van der Waals surface area contributed by atoms with Crippen molar-refractivity contribution in [3.05, 3.63) is 0 Å². The van der Waals surface area contributed by atoms with E-state index >= 15 is 0 Å². The maximum absolute atomic E-state index is 10.2. The van der Waals surface area contributed by atoms with Crippen LogP contribution in [0.15, 0.2) is 0 Å². The van der Waals surface area contributed by atoms with Crippen molar-refractivity contribution in [1.29, 1.82) is 0 Å². The zero-order chi connectivity index (χ0) is 56.4. The van der Waals surface area contributed by atoms with E-state index in [1.54, 1.807) is 0 Å². The average Bonchev–Trinajstić information content (AvgIpc) is 3.34. The van der Waals surface area contributed by atoms with Crippen LogP contribution in [0.4, 0.5) is 0 Å². The van der Waals surface area contributed by atoms with Gasteiger partial charge in [0, 0.05) is 0 Å². The van der Waals surface area contributed by atoms with Gasteiger partial charge in [0.1, 0.15) is 0 Å². The summed E-state index contributed by atoms with van der Waals surface area (Å²) < 4.78 is 0. The molecule has 3 aliphatic rings. The second-order valence-corrected chi connectivity index (χ2v) is 27.5. The maximum atomic E-state index is 10.2. The van der Waals surface area contributed by atoms with Gasteiger partial charge >= 0.3 is 17.9 Å². The molecule has 0 saturated heterocycles. The first-order chi connectivity index (χ1) is 35.6. The molecule has 0 radical (unpaired) electrons. The Hall–Kier alpha value is -1.71. The van der Waals surface area contributed by atoms with Gasteiger partial charge in [0.2, 0.25) is 0 Å². The highest BCUT2D eigenvalue weighted by Crippen LogP contribution is 2.46. The zero-order valence-electron chi connectivity index (χ0n) is 51.5. The molecule has 0 heterocycles. The molecule has 75 heavy (non-hydrogen) atoms. The van der Waals surface area contributed by atoms with Gasteiger partial charge in [-0.1, -0.05) is 274 Å². The molecule has 3 saturated carbocycles. The highest BCUT2D eigenvalue weighted by atomic mass is 16.4. The predicted molar refractivity (Wildman–Crippen MR) is 322 cm³/mol. The molecule has 3 rings (SSSR count). The Kier molecular flexibility index (Phi) is 44.0. The standard InChI is InChI=1S/3C20H41N.C6H8O6/c3*1-20(2,3)19-16-12-11-15-18(19)14-10-8-6-4-5-7-9-13-17-21;7-4(8)1-3(6(11)12)2-5(9)10/h3*18-19H,4-17,21H2,1-3H3;3H,1-2H2,(H,7,8)(H,9,10)(H,11,12). The molecule has 446 valence electrons. The lowest BCUT2D eigenvalue weighted by molar-refractivity contribution is -0.152. The Morgan fingerprint density at radius 3 is 0.733 bits per heavy atom. The lowest BCUT2D eigenvalue weighted by Crippen LogP contribution is -2.31. The van der Waals surface area contributed by atoms with E-state index in [2.05, 4.69) is 62.3 Å². The van der Waals surface area contributed by atoms with Crippen LogP contribution in [0.25, 0.3) is 0 Å². The molecule has 9 N–H and O–H groups in total. The van der Waals surface area contributed by atoms with Crippen molar-refractivity contribution in [1.82, 2.24) is 0 Å². The largest absolute Gasteiger partial charge is 0.481 e. The summed E-state index contributed by atoms with van der Waals surface area (Å²) in [5.41, 5.74) is 18.1. The summed E-state index contributed by atoms with van der Waals surface area (Å²) in [7, 11) is 0. The SMILES string of the molecule is CC(C)(C)C1CCCCC1CCCCCCCCCCN.CC(C)(C)C1CCCCC1CCCCCCCCCCN.CC(C)(C)C1CCCCC1CCCCCCCCCCN.O=C(O)CC(CC(=O)O)C(=O)O. The number of carboxylic acid groups (broad SMARTS) is 3. The molecular weight excluding hydrogens is 931 g/mol. The average molecular weight is 1060 g/mol. The summed E-state index contributed by atoms with van der Waals surface area (Å²) in [6, 6.07) is 0. The Labute approximate surface area is 465 Å². The van der Waals surface area contributed by atoms with Crippen LogP contribution in [0, 0.1) is 57.7 Å². The first kappa shape index (κ1) is 73.3. The highest BCUT2D eigenvalue weighted by molar-refractivity contribution is 5.82. The van der Waals surface area contributed by atoms with Gasteiger partial charge in [-0.3, -0.25) is 14.4 Å². The third-order valence-corrected chi connectivity index (χ3v) is 17.8. The van der Waals surface area contributed by atoms with Crippen LogP contribution in [0.2, 0.25) is 0 Å². The van der Waals surface area contributed by atoms with Crippen LogP contribution in [0.3, 0.4) is 0 Å². The topological polar surface area (TPSA) is 190 Å². The molecule has 6 unspecified atom stereocenters. The quantitative estimate of drug-likeness (QED) is 0.0336. The summed E-state index contributed by atoms with van der Waals surface area (Å²) in [5.74, 6) is 0.592. The number of rotatable bonds is 35. The first-order valence-corrected chi connectivity index (χ1v) is 32.4. The lowest BCUT2D eigenvalue weighted by atomic mass is 9.65. The van der Waals surface area contributed by atoms with Crippen molar-refractivity contribution in [2.24, 2.45) is 74.9 Å². The molecule has 0 spiro atoms. The highest BCUT2D eigenvalue weighted by Gasteiger charge is 2.35. The molecule has 0 aromatic rings. The summed E-state index contributed by atoms with van der Waals surface area (Å²) in [5, 5.41) is 24.7. The van der Waals surface area contributed by atoms with Crippen molar-refractivity contribution in [3.8, 4) is 0 Å². The molecule has 3 aliphatic carbocycles. The molecule has 0 aliphatic heterocycles. The fourth-order valence-electron chi connectivity index (χ4n) is 13.6. The minimum atomic E-state index is -1.40. The number of aliphatic carboxylic acids is 3. The van der Waals surface area contributed by atoms with Crippen LogP contribution in [0.5, 0.6) is 0 Å². The molecule has 0 aromatic heterocycles. The number of hydrogen-bond acceptors (Lipinski definition) is 6. The van der Waals surface area contributed by atoms with Gasteiger partial charge in [0.05, 0.1) is 18.8 Å². The van der Waals surface area contributed by atoms with Gasteiger partial charge in [0.25, 0.3) is 0 Å². The van der Waals surface area contributed by atoms with Gasteiger partial charge in [-0.15, -0.1) is 0 Å². The van der Waals surface area contributed by atoms with Gasteiger partial charge in [-0.05, 0) is 110 Å². The van der Waals surface area contributed by atoms with E-state index in [0.717, 1.165) is 55.1 Å². The summed E-state index contributed by atoms with van der Waals surface area (Å²) >= 11 is 0. The van der Waals surface area contributed by atoms with E-state index in [4.69, 9.17) is 32.5 Å². The molecular formula is C66H131N3O6. The van der Waals surface area contributed by atoms with E-state index in [1.165, 1.54) is 250 Å². The van der Waals surface area contributed by atoms with E-state index in [0.29, 0.717) is 16.2 Å². The Morgan fingerprint density at radius 1 is 0.347 bits per heavy atom. The minimum absolute atomic E-state index is 0.522. The third-order valence-electron chi connectivity index (χ3n) is 17.8. The Balaban J connectivity index is 0.000000993. The number of hydrogen-bond donors (Lipinski definition) is 6. The lowest BCUT2D eigenvalue weighted by Gasteiger charge is -2.40. The molecule has 0 aromatic carbocycles. The van der Waals surface area contributed by atoms with E-state index in [1.807, 2.05) is 0 Å². The molecule has 0 amide bonds. The summed E-state index contributed by atoms with van der Waals surface area (Å²) in [6.45, 7) is 24.7. The fraction of sp³-hybridized carbons (Fsp3) is 0.955. The maximum Gasteiger partial charge on any atom is 0.307 e. The Morgan fingerprint density at radius 2 is 0.547 bits per heavy atom. The van der Waals surface area contributed by atoms with Crippen LogP contribution in [-0.2, 0) is 14.4 Å². The fourth-order valence-corrected chi connectivity index (χ4v) is 13.6. The van der Waals surface area contributed by atoms with Gasteiger partial charge in [-0.2, -0.15) is 0 Å². The second-order valence-electron chi connectivity index (χ2n) is 27.5. The molecule has 3 fully saturated rings. The van der Waals surface area contributed by atoms with E-state index in [9.17, 15) is 14.4 Å². The van der Waals surface area contributed by atoms with Crippen molar-refractivity contribution in [2.75, 3.05) is 19.6 Å². The van der Waals surface area contributed by atoms with Crippen molar-refractivity contribution in [3.63, 3.8) is 0 Å². The number of carboxylic acids is 3. The molecule has 9 heteroatoms. The monoisotopic (exact) mass is 1060 g/mol. The molecule has 6 atom stereocenters. The smallest absolute Gasteiger partial charge is 0.307 e. The summed E-state index contributed by atoms with van der Waals surface area (Å²) in [6.07, 6.45) is 54.6. The van der Waals surface area contributed by atoms with Gasteiger partial charge in [-0.25, -0.2) is 0 Å². The van der Waals surface area contributed by atoms with Crippen LogP contribution >= 0.6 is 0 Å². The second kappa shape index (κ2) is 45.1. The zero-order valence-corrected chi connectivity index (χ0v) is 51.5. The first-order valence-electron chi connectivity index (χ1n) is 32.4. The van der Waals surface area contributed by atoms with Crippen molar-refractivity contribution >= 4 is 17.9 Å². The minimum Gasteiger partial charge on any atom is -0.481 e. The Bertz CT molecular complexity index is 1210. The predicted octanol–water partition coefficient (Wildman–Crippen LogP) is 18.6. The number of unbranched alkanes of at least 4 members (excludes halogenated alkanes) is 21. The van der Waals surface area contributed by atoms with E-state index in [-0.39, 0.29) is 0 Å². The van der Waals surface area contributed by atoms with Crippen LogP contribution in [0.1, 0.15) is 326 Å². The number of carbonyl (C=O) groups is 3. The van der Waals surface area contributed by atoms with Crippen molar-refractivity contribution in [2.45, 2.75) is 326 Å². The summed E-state index contributed by atoms with van der Waals surface area (Å²) in [4.78, 5) is 30.3. The molecule has 0 bridgehead atoms. The molecule has 9 nitrogen and oxygen atoms in total. The van der Waals surface area contributed by atoms with E-state index < -0.39 is 36.7 Å². The third kappa shape index (κ3) is 40.2. The van der Waals surface area contributed by atoms with Gasteiger partial charge < -0.3 is 32.5 Å². The van der Waals surface area contributed by atoms with Crippen LogP contribution < -0.4 is 17.2 Å². The normalized spacial score (nSPS) is 21.2. The van der Waals surface area contributed by atoms with Gasteiger partial charge in [0.15, 0.2) is 0 Å².